The first-order chi connectivity index (χ1) is 7.59. The highest BCUT2D eigenvalue weighted by molar-refractivity contribution is 5.86. The van der Waals surface area contributed by atoms with Gasteiger partial charge in [0.15, 0.2) is 0 Å². The van der Waals surface area contributed by atoms with E-state index < -0.39 is 0 Å². The number of aliphatic imine (C=N–C) groups is 1. The van der Waals surface area contributed by atoms with Crippen LogP contribution in [0.5, 0.6) is 0 Å². The number of amidine groups is 1. The van der Waals surface area contributed by atoms with Gasteiger partial charge in [-0.15, -0.1) is 0 Å². The van der Waals surface area contributed by atoms with E-state index in [1.165, 1.54) is 12.8 Å². The molecule has 0 spiro atoms. The SMILES string of the molecule is CC(C)CNC(=O)CN=C(N)C1CCCC1. The molecule has 0 aliphatic heterocycles. The van der Waals surface area contributed by atoms with Crippen molar-refractivity contribution in [3.63, 3.8) is 0 Å². The van der Waals surface area contributed by atoms with Crippen LogP contribution in [0, 0.1) is 11.8 Å². The monoisotopic (exact) mass is 225 g/mol. The number of nitrogens with one attached hydrogen (secondary N) is 1. The Morgan fingerprint density at radius 3 is 2.62 bits per heavy atom. The third-order valence-corrected chi connectivity index (χ3v) is 2.89. The molecule has 0 unspecified atom stereocenters. The van der Waals surface area contributed by atoms with E-state index >= 15 is 0 Å². The van der Waals surface area contributed by atoms with Gasteiger partial charge in [0.25, 0.3) is 0 Å². The molecule has 1 aliphatic rings. The number of amides is 1. The zero-order chi connectivity index (χ0) is 12.0. The molecule has 1 amide bonds. The summed E-state index contributed by atoms with van der Waals surface area (Å²) in [4.78, 5) is 15.6. The number of hydrogen-bond acceptors (Lipinski definition) is 2. The van der Waals surface area contributed by atoms with Crippen LogP contribution in [0.3, 0.4) is 0 Å². The highest BCUT2D eigenvalue weighted by Gasteiger charge is 2.18. The summed E-state index contributed by atoms with van der Waals surface area (Å²) in [6, 6.07) is 0. The van der Waals surface area contributed by atoms with Crippen molar-refractivity contribution in [3.8, 4) is 0 Å². The van der Waals surface area contributed by atoms with Crippen molar-refractivity contribution in [2.75, 3.05) is 13.1 Å². The number of nitrogens with two attached hydrogens (primary N) is 1. The normalized spacial score (nSPS) is 18.1. The van der Waals surface area contributed by atoms with Gasteiger partial charge in [0.1, 0.15) is 6.54 Å². The highest BCUT2D eigenvalue weighted by atomic mass is 16.1. The van der Waals surface area contributed by atoms with Crippen LogP contribution < -0.4 is 11.1 Å². The molecule has 1 saturated carbocycles. The second kappa shape index (κ2) is 6.51. The van der Waals surface area contributed by atoms with E-state index in [1.807, 2.05) is 0 Å². The third-order valence-electron chi connectivity index (χ3n) is 2.89. The first-order valence-corrected chi connectivity index (χ1v) is 6.16. The maximum absolute atomic E-state index is 11.4. The Balaban J connectivity index is 2.25. The summed E-state index contributed by atoms with van der Waals surface area (Å²) < 4.78 is 0. The van der Waals surface area contributed by atoms with Gasteiger partial charge in [-0.05, 0) is 18.8 Å². The molecule has 92 valence electrons. The third kappa shape index (κ3) is 4.64. The maximum atomic E-state index is 11.4. The average Bonchev–Trinajstić information content (AvgIpc) is 2.76. The standard InChI is InChI=1S/C12H23N3O/c1-9(2)7-14-11(16)8-15-12(13)10-5-3-4-6-10/h9-10H,3-8H2,1-2H3,(H2,13,15)(H,14,16). The van der Waals surface area contributed by atoms with Crippen LogP contribution >= 0.6 is 0 Å². The van der Waals surface area contributed by atoms with E-state index in [1.54, 1.807) is 0 Å². The van der Waals surface area contributed by atoms with Crippen LogP contribution in [-0.4, -0.2) is 24.8 Å². The molecule has 16 heavy (non-hydrogen) atoms. The molecule has 0 aromatic rings. The summed E-state index contributed by atoms with van der Waals surface area (Å²) in [6.45, 7) is 5.01. The highest BCUT2D eigenvalue weighted by Crippen LogP contribution is 2.24. The first-order valence-electron chi connectivity index (χ1n) is 6.16. The molecule has 0 saturated heterocycles. The van der Waals surface area contributed by atoms with Crippen molar-refractivity contribution in [3.05, 3.63) is 0 Å². The fourth-order valence-corrected chi connectivity index (χ4v) is 1.89. The van der Waals surface area contributed by atoms with Gasteiger partial charge >= 0.3 is 0 Å². The molecule has 1 aliphatic carbocycles. The zero-order valence-corrected chi connectivity index (χ0v) is 10.3. The Morgan fingerprint density at radius 1 is 1.44 bits per heavy atom. The Morgan fingerprint density at radius 2 is 2.06 bits per heavy atom. The number of carbonyl (C=O) groups excluding carboxylic acids is 1. The molecule has 1 rings (SSSR count). The number of hydrogen-bond donors (Lipinski definition) is 2. The lowest BCUT2D eigenvalue weighted by Crippen LogP contribution is -2.31. The van der Waals surface area contributed by atoms with Crippen LogP contribution in [-0.2, 0) is 4.79 Å². The van der Waals surface area contributed by atoms with E-state index in [0.717, 1.165) is 12.8 Å². The fraction of sp³-hybridized carbons (Fsp3) is 0.833. The van der Waals surface area contributed by atoms with E-state index in [-0.39, 0.29) is 12.5 Å². The Labute approximate surface area is 97.7 Å². The lowest BCUT2D eigenvalue weighted by Gasteiger charge is -2.09. The molecular weight excluding hydrogens is 202 g/mol. The molecular formula is C12H23N3O. The van der Waals surface area contributed by atoms with E-state index in [4.69, 9.17) is 5.73 Å². The molecule has 4 nitrogen and oxygen atoms in total. The number of nitrogens with zero attached hydrogens (tertiary/aromatic N) is 1. The minimum Gasteiger partial charge on any atom is -0.387 e. The summed E-state index contributed by atoms with van der Waals surface area (Å²) in [7, 11) is 0. The Kier molecular flexibility index (Phi) is 5.29. The lowest BCUT2D eigenvalue weighted by molar-refractivity contribution is -0.119. The van der Waals surface area contributed by atoms with Gasteiger partial charge in [-0.1, -0.05) is 26.7 Å². The van der Waals surface area contributed by atoms with Gasteiger partial charge in [-0.25, -0.2) is 0 Å². The zero-order valence-electron chi connectivity index (χ0n) is 10.3. The molecule has 0 bridgehead atoms. The summed E-state index contributed by atoms with van der Waals surface area (Å²) in [6.07, 6.45) is 4.73. The van der Waals surface area contributed by atoms with Gasteiger partial charge in [0.2, 0.25) is 5.91 Å². The smallest absolute Gasteiger partial charge is 0.241 e. The van der Waals surface area contributed by atoms with Crippen molar-refractivity contribution in [2.45, 2.75) is 39.5 Å². The molecule has 0 aromatic carbocycles. The van der Waals surface area contributed by atoms with Crippen LogP contribution in [0.15, 0.2) is 4.99 Å². The van der Waals surface area contributed by atoms with Gasteiger partial charge in [0, 0.05) is 12.5 Å². The molecule has 0 aromatic heterocycles. The van der Waals surface area contributed by atoms with Crippen LogP contribution in [0.1, 0.15) is 39.5 Å². The van der Waals surface area contributed by atoms with Crippen LogP contribution in [0.25, 0.3) is 0 Å². The average molecular weight is 225 g/mol. The summed E-state index contributed by atoms with van der Waals surface area (Å²) in [5.41, 5.74) is 5.85. The second-order valence-corrected chi connectivity index (χ2v) is 4.92. The molecule has 0 radical (unpaired) electrons. The van der Waals surface area contributed by atoms with Crippen molar-refractivity contribution in [2.24, 2.45) is 22.6 Å². The van der Waals surface area contributed by atoms with Gasteiger partial charge in [0.05, 0.1) is 5.84 Å². The lowest BCUT2D eigenvalue weighted by atomic mass is 10.1. The van der Waals surface area contributed by atoms with Crippen molar-refractivity contribution in [1.29, 1.82) is 0 Å². The van der Waals surface area contributed by atoms with Gasteiger partial charge < -0.3 is 11.1 Å². The fourth-order valence-electron chi connectivity index (χ4n) is 1.89. The molecule has 1 fully saturated rings. The van der Waals surface area contributed by atoms with E-state index in [2.05, 4.69) is 24.2 Å². The van der Waals surface area contributed by atoms with Gasteiger partial charge in [-0.3, -0.25) is 9.79 Å². The maximum Gasteiger partial charge on any atom is 0.241 e. The minimum atomic E-state index is -0.0327. The Hall–Kier alpha value is -1.06. The number of carbonyl (C=O) groups is 1. The summed E-state index contributed by atoms with van der Waals surface area (Å²) in [5, 5.41) is 2.83. The van der Waals surface area contributed by atoms with Crippen LogP contribution in [0.4, 0.5) is 0 Å². The number of rotatable bonds is 5. The van der Waals surface area contributed by atoms with Gasteiger partial charge in [-0.2, -0.15) is 0 Å². The largest absolute Gasteiger partial charge is 0.387 e. The topological polar surface area (TPSA) is 67.5 Å². The predicted octanol–water partition coefficient (Wildman–Crippen LogP) is 1.31. The second-order valence-electron chi connectivity index (χ2n) is 4.92. The molecule has 0 atom stereocenters. The summed E-state index contributed by atoms with van der Waals surface area (Å²) in [5.74, 6) is 1.52. The van der Waals surface area contributed by atoms with E-state index in [0.29, 0.717) is 24.2 Å². The van der Waals surface area contributed by atoms with Crippen molar-refractivity contribution < 1.29 is 4.79 Å². The predicted molar refractivity (Wildman–Crippen MR) is 66.3 cm³/mol. The molecule has 0 heterocycles. The quantitative estimate of drug-likeness (QED) is 0.547. The first kappa shape index (κ1) is 13.0. The van der Waals surface area contributed by atoms with Crippen molar-refractivity contribution >= 4 is 11.7 Å². The summed E-state index contributed by atoms with van der Waals surface area (Å²) >= 11 is 0. The Bertz CT molecular complexity index is 255. The molecule has 3 N–H and O–H groups in total. The van der Waals surface area contributed by atoms with E-state index in [9.17, 15) is 4.79 Å². The van der Waals surface area contributed by atoms with Crippen LogP contribution in [0.2, 0.25) is 0 Å². The molecule has 4 heteroatoms. The van der Waals surface area contributed by atoms with Crippen molar-refractivity contribution in [1.82, 2.24) is 5.32 Å². The minimum absolute atomic E-state index is 0.0327.